The SMILES string of the molecule is Cc1ccccc1CN(C(=O)CN(C)S(=O)(=O)c1ccc(Cl)cc1)[C@@H](C)C(=O)NC1CCCC1. The smallest absolute Gasteiger partial charge is 0.243 e. The Balaban J connectivity index is 1.80. The number of nitrogens with one attached hydrogen (secondary N) is 1. The summed E-state index contributed by atoms with van der Waals surface area (Å²) in [4.78, 5) is 27.9. The van der Waals surface area contributed by atoms with Crippen molar-refractivity contribution < 1.29 is 18.0 Å². The second-order valence-electron chi connectivity index (χ2n) is 8.83. The van der Waals surface area contributed by atoms with E-state index >= 15 is 0 Å². The van der Waals surface area contributed by atoms with Crippen molar-refractivity contribution in [2.24, 2.45) is 0 Å². The topological polar surface area (TPSA) is 86.8 Å². The van der Waals surface area contributed by atoms with Crippen LogP contribution in [0.1, 0.15) is 43.7 Å². The van der Waals surface area contributed by atoms with Crippen LogP contribution >= 0.6 is 11.6 Å². The van der Waals surface area contributed by atoms with Crippen LogP contribution in [-0.2, 0) is 26.2 Å². The fourth-order valence-electron chi connectivity index (χ4n) is 4.10. The second kappa shape index (κ2) is 11.3. The molecule has 0 aromatic heterocycles. The number of rotatable bonds is 9. The van der Waals surface area contributed by atoms with Crippen LogP contribution in [0.15, 0.2) is 53.4 Å². The normalized spacial score (nSPS) is 15.3. The average molecular weight is 506 g/mol. The van der Waals surface area contributed by atoms with Crippen molar-refractivity contribution in [3.8, 4) is 0 Å². The highest BCUT2D eigenvalue weighted by Crippen LogP contribution is 2.20. The first-order chi connectivity index (χ1) is 16.1. The summed E-state index contributed by atoms with van der Waals surface area (Å²) in [5.41, 5.74) is 1.89. The predicted octanol–water partition coefficient (Wildman–Crippen LogP) is 3.75. The highest BCUT2D eigenvalue weighted by Gasteiger charge is 2.31. The third-order valence-electron chi connectivity index (χ3n) is 6.35. The van der Waals surface area contributed by atoms with Gasteiger partial charge in [0.1, 0.15) is 6.04 Å². The Kier molecular flexibility index (Phi) is 8.73. The molecule has 0 radical (unpaired) electrons. The lowest BCUT2D eigenvalue weighted by Gasteiger charge is -2.31. The molecule has 0 bridgehead atoms. The number of halogens is 1. The molecule has 1 aliphatic rings. The molecule has 3 rings (SSSR count). The van der Waals surface area contributed by atoms with E-state index in [1.54, 1.807) is 6.92 Å². The molecule has 1 N–H and O–H groups in total. The summed E-state index contributed by atoms with van der Waals surface area (Å²) in [6.45, 7) is 3.45. The van der Waals surface area contributed by atoms with Gasteiger partial charge in [0.05, 0.1) is 11.4 Å². The summed E-state index contributed by atoms with van der Waals surface area (Å²) in [7, 11) is -2.55. The highest BCUT2D eigenvalue weighted by atomic mass is 35.5. The molecule has 2 amide bonds. The van der Waals surface area contributed by atoms with Crippen molar-refractivity contribution in [2.75, 3.05) is 13.6 Å². The molecular weight excluding hydrogens is 474 g/mol. The van der Waals surface area contributed by atoms with Gasteiger partial charge in [-0.2, -0.15) is 4.31 Å². The molecule has 34 heavy (non-hydrogen) atoms. The van der Waals surface area contributed by atoms with Crippen molar-refractivity contribution in [1.29, 1.82) is 0 Å². The van der Waals surface area contributed by atoms with Gasteiger partial charge >= 0.3 is 0 Å². The predicted molar refractivity (Wildman–Crippen MR) is 133 cm³/mol. The fraction of sp³-hybridized carbons (Fsp3) is 0.440. The van der Waals surface area contributed by atoms with Gasteiger partial charge in [-0.05, 0) is 62.1 Å². The first kappa shape index (κ1) is 26.2. The maximum Gasteiger partial charge on any atom is 0.243 e. The molecule has 1 aliphatic carbocycles. The van der Waals surface area contributed by atoms with E-state index in [0.29, 0.717) is 5.02 Å². The van der Waals surface area contributed by atoms with E-state index in [1.165, 1.54) is 36.2 Å². The Labute approximate surface area is 207 Å². The van der Waals surface area contributed by atoms with Gasteiger partial charge in [0.15, 0.2) is 0 Å². The number of aryl methyl sites for hydroxylation is 1. The molecule has 0 aliphatic heterocycles. The number of carbonyl (C=O) groups is 2. The van der Waals surface area contributed by atoms with Gasteiger partial charge in [0.2, 0.25) is 21.8 Å². The molecule has 2 aromatic rings. The molecule has 0 saturated heterocycles. The Morgan fingerprint density at radius 2 is 1.71 bits per heavy atom. The number of hydrogen-bond donors (Lipinski definition) is 1. The number of hydrogen-bond acceptors (Lipinski definition) is 4. The molecular formula is C25H32ClN3O4S. The van der Waals surface area contributed by atoms with Crippen LogP contribution in [0, 0.1) is 6.92 Å². The van der Waals surface area contributed by atoms with Crippen LogP contribution in [0.2, 0.25) is 5.02 Å². The van der Waals surface area contributed by atoms with Crippen molar-refractivity contribution in [3.05, 3.63) is 64.7 Å². The van der Waals surface area contributed by atoms with Crippen molar-refractivity contribution >= 4 is 33.4 Å². The Morgan fingerprint density at radius 3 is 2.32 bits per heavy atom. The zero-order valence-electron chi connectivity index (χ0n) is 19.8. The number of benzene rings is 2. The van der Waals surface area contributed by atoms with E-state index in [4.69, 9.17) is 11.6 Å². The first-order valence-electron chi connectivity index (χ1n) is 11.5. The summed E-state index contributed by atoms with van der Waals surface area (Å²) < 4.78 is 27.0. The number of nitrogens with zero attached hydrogens (tertiary/aromatic N) is 2. The van der Waals surface area contributed by atoms with Crippen LogP contribution in [-0.4, -0.2) is 55.1 Å². The van der Waals surface area contributed by atoms with Gasteiger partial charge < -0.3 is 10.2 Å². The zero-order chi connectivity index (χ0) is 24.9. The number of likely N-dealkylation sites (N-methyl/N-ethyl adjacent to an activating group) is 1. The lowest BCUT2D eigenvalue weighted by molar-refractivity contribution is -0.140. The minimum absolute atomic E-state index is 0.0460. The average Bonchev–Trinajstić information content (AvgIpc) is 3.31. The van der Waals surface area contributed by atoms with Gasteiger partial charge in [0.25, 0.3) is 0 Å². The molecule has 1 atom stereocenters. The van der Waals surface area contributed by atoms with Crippen LogP contribution in [0.3, 0.4) is 0 Å². The van der Waals surface area contributed by atoms with E-state index in [-0.39, 0.29) is 23.4 Å². The lowest BCUT2D eigenvalue weighted by atomic mass is 10.1. The van der Waals surface area contributed by atoms with E-state index in [0.717, 1.165) is 41.1 Å². The quantitative estimate of drug-likeness (QED) is 0.562. The highest BCUT2D eigenvalue weighted by molar-refractivity contribution is 7.89. The van der Waals surface area contributed by atoms with Gasteiger partial charge in [-0.1, -0.05) is 48.7 Å². The Hall–Kier alpha value is -2.42. The maximum atomic E-state index is 13.4. The number of carbonyl (C=O) groups excluding carboxylic acids is 2. The molecule has 0 heterocycles. The van der Waals surface area contributed by atoms with Crippen LogP contribution in [0.4, 0.5) is 0 Å². The van der Waals surface area contributed by atoms with Crippen molar-refractivity contribution in [3.63, 3.8) is 0 Å². The molecule has 0 spiro atoms. The van der Waals surface area contributed by atoms with E-state index in [2.05, 4.69) is 5.32 Å². The molecule has 1 saturated carbocycles. The summed E-state index contributed by atoms with van der Waals surface area (Å²) in [5, 5.41) is 3.47. The first-order valence-corrected chi connectivity index (χ1v) is 13.3. The maximum absolute atomic E-state index is 13.4. The Bertz CT molecular complexity index is 1120. The monoisotopic (exact) mass is 505 g/mol. The van der Waals surface area contributed by atoms with Crippen molar-refractivity contribution in [1.82, 2.24) is 14.5 Å². The molecule has 7 nitrogen and oxygen atoms in total. The number of amides is 2. The number of sulfonamides is 1. The molecule has 1 fully saturated rings. The minimum Gasteiger partial charge on any atom is -0.352 e. The summed E-state index contributed by atoms with van der Waals surface area (Å²) >= 11 is 5.88. The molecule has 184 valence electrons. The zero-order valence-corrected chi connectivity index (χ0v) is 21.4. The minimum atomic E-state index is -3.90. The molecule has 0 unspecified atom stereocenters. The third-order valence-corrected chi connectivity index (χ3v) is 8.42. The van der Waals surface area contributed by atoms with Gasteiger partial charge in [-0.3, -0.25) is 9.59 Å². The molecule has 2 aromatic carbocycles. The summed E-state index contributed by atoms with van der Waals surface area (Å²) in [5.74, 6) is -0.672. The second-order valence-corrected chi connectivity index (χ2v) is 11.3. The van der Waals surface area contributed by atoms with E-state index in [1.807, 2.05) is 31.2 Å². The van der Waals surface area contributed by atoms with E-state index in [9.17, 15) is 18.0 Å². The standard InChI is InChI=1S/C25H32ClN3O4S/c1-18-8-4-5-9-20(18)16-29(19(2)25(31)27-22-10-6-7-11-22)24(30)17-28(3)34(32,33)23-14-12-21(26)13-15-23/h4-5,8-9,12-15,19,22H,6-7,10-11,16-17H2,1-3H3,(H,27,31)/t19-/m0/s1. The van der Waals surface area contributed by atoms with Gasteiger partial charge in [-0.15, -0.1) is 0 Å². The van der Waals surface area contributed by atoms with Gasteiger partial charge in [-0.25, -0.2) is 8.42 Å². The lowest BCUT2D eigenvalue weighted by Crippen LogP contribution is -2.52. The largest absolute Gasteiger partial charge is 0.352 e. The molecule has 9 heteroatoms. The summed E-state index contributed by atoms with van der Waals surface area (Å²) in [6, 6.07) is 12.8. The summed E-state index contributed by atoms with van der Waals surface area (Å²) in [6.07, 6.45) is 4.04. The fourth-order valence-corrected chi connectivity index (χ4v) is 5.34. The van der Waals surface area contributed by atoms with Gasteiger partial charge in [0, 0.05) is 24.7 Å². The van der Waals surface area contributed by atoms with Crippen LogP contribution < -0.4 is 5.32 Å². The van der Waals surface area contributed by atoms with E-state index < -0.39 is 28.5 Å². The Morgan fingerprint density at radius 1 is 1.09 bits per heavy atom. The van der Waals surface area contributed by atoms with Crippen molar-refractivity contribution in [2.45, 2.75) is 63.1 Å². The van der Waals surface area contributed by atoms with Crippen LogP contribution in [0.25, 0.3) is 0 Å². The third kappa shape index (κ3) is 6.37. The van der Waals surface area contributed by atoms with Crippen LogP contribution in [0.5, 0.6) is 0 Å².